The number of amides is 2. The zero-order valence-corrected chi connectivity index (χ0v) is 23.4. The number of ether oxygens (including phenoxy) is 2. The summed E-state index contributed by atoms with van der Waals surface area (Å²) in [5.74, 6) is 0.913. The molecule has 3 aromatic carbocycles. The van der Waals surface area contributed by atoms with E-state index < -0.39 is 6.04 Å². The number of hydrogen-bond acceptors (Lipinski definition) is 4. The molecule has 0 heterocycles. The Hall–Kier alpha value is -3.32. The number of rotatable bonds is 11. The molecule has 1 aliphatic rings. The lowest BCUT2D eigenvalue weighted by Gasteiger charge is -2.33. The van der Waals surface area contributed by atoms with Crippen molar-refractivity contribution in [3.05, 3.63) is 94.5 Å². The van der Waals surface area contributed by atoms with Gasteiger partial charge in [-0.3, -0.25) is 9.59 Å². The average Bonchev–Trinajstić information content (AvgIpc) is 2.96. The molecule has 38 heavy (non-hydrogen) atoms. The lowest BCUT2D eigenvalue weighted by atomic mass is 9.94. The molecule has 200 valence electrons. The van der Waals surface area contributed by atoms with E-state index in [1.807, 2.05) is 54.6 Å². The van der Waals surface area contributed by atoms with Crippen LogP contribution < -0.4 is 14.8 Å². The second kappa shape index (κ2) is 14.0. The summed E-state index contributed by atoms with van der Waals surface area (Å²) in [6.07, 6.45) is 5.81. The average molecular weight is 580 g/mol. The lowest BCUT2D eigenvalue weighted by Crippen LogP contribution is -2.53. The molecular weight excluding hydrogens is 544 g/mol. The van der Waals surface area contributed by atoms with Gasteiger partial charge in [0, 0.05) is 23.5 Å². The number of nitrogens with one attached hydrogen (secondary N) is 1. The van der Waals surface area contributed by atoms with Crippen LogP contribution in [-0.2, 0) is 22.6 Å². The van der Waals surface area contributed by atoms with Crippen molar-refractivity contribution in [1.29, 1.82) is 0 Å². The molecule has 0 bridgehead atoms. The van der Waals surface area contributed by atoms with Crippen molar-refractivity contribution in [1.82, 2.24) is 10.2 Å². The van der Waals surface area contributed by atoms with E-state index in [-0.39, 0.29) is 24.5 Å². The first-order valence-electron chi connectivity index (χ1n) is 13.2. The molecular formula is C31H35BrN2O4. The Labute approximate surface area is 233 Å². The Kier molecular flexibility index (Phi) is 10.2. The fraction of sp³-hybridized carbons (Fsp3) is 0.355. The molecule has 1 fully saturated rings. The number of halogens is 1. The van der Waals surface area contributed by atoms with Crippen LogP contribution >= 0.6 is 15.9 Å². The van der Waals surface area contributed by atoms with E-state index in [0.29, 0.717) is 24.5 Å². The van der Waals surface area contributed by atoms with Crippen LogP contribution in [-0.4, -0.2) is 42.5 Å². The molecule has 7 heteroatoms. The molecule has 2 amide bonds. The van der Waals surface area contributed by atoms with Gasteiger partial charge in [0.05, 0.1) is 7.11 Å². The van der Waals surface area contributed by atoms with Crippen molar-refractivity contribution in [3.63, 3.8) is 0 Å². The molecule has 0 spiro atoms. The lowest BCUT2D eigenvalue weighted by molar-refractivity contribution is -0.143. The molecule has 1 aliphatic carbocycles. The molecule has 0 unspecified atom stereocenters. The summed E-state index contributed by atoms with van der Waals surface area (Å²) in [6, 6.07) is 24.3. The molecule has 0 saturated heterocycles. The van der Waals surface area contributed by atoms with E-state index in [2.05, 4.69) is 21.2 Å². The van der Waals surface area contributed by atoms with Gasteiger partial charge in [-0.1, -0.05) is 77.7 Å². The van der Waals surface area contributed by atoms with Gasteiger partial charge in [-0.2, -0.15) is 0 Å². The molecule has 0 aliphatic heterocycles. The monoisotopic (exact) mass is 578 g/mol. The van der Waals surface area contributed by atoms with E-state index in [9.17, 15) is 9.59 Å². The number of nitrogens with zero attached hydrogens (tertiary/aromatic N) is 1. The second-order valence-corrected chi connectivity index (χ2v) is 10.6. The van der Waals surface area contributed by atoms with Gasteiger partial charge in [-0.25, -0.2) is 0 Å². The van der Waals surface area contributed by atoms with Crippen LogP contribution in [0.2, 0.25) is 0 Å². The Balaban J connectivity index is 1.58. The Bertz CT molecular complexity index is 1160. The van der Waals surface area contributed by atoms with Gasteiger partial charge in [0.15, 0.2) is 6.61 Å². The van der Waals surface area contributed by atoms with Crippen molar-refractivity contribution < 1.29 is 19.1 Å². The highest BCUT2D eigenvalue weighted by atomic mass is 79.9. The van der Waals surface area contributed by atoms with Gasteiger partial charge in [0.2, 0.25) is 5.91 Å². The predicted molar refractivity (Wildman–Crippen MR) is 152 cm³/mol. The highest BCUT2D eigenvalue weighted by Crippen LogP contribution is 2.21. The SMILES string of the molecule is COc1ccc(OCC(=O)N(Cc2ccc(Br)cc2)[C@H](Cc2ccccc2)C(=O)NC2CCCCC2)cc1. The minimum absolute atomic E-state index is 0.115. The molecule has 6 nitrogen and oxygen atoms in total. The standard InChI is InChI=1S/C31H35BrN2O4/c1-37-27-16-18-28(19-17-27)38-22-30(35)34(21-24-12-14-25(32)15-13-24)29(20-23-8-4-2-5-9-23)31(36)33-26-10-6-3-7-11-26/h2,4-5,8-9,12-19,26,29H,3,6-7,10-11,20-22H2,1H3,(H,33,36)/t29-/m1/s1. The fourth-order valence-electron chi connectivity index (χ4n) is 4.78. The number of carbonyl (C=O) groups is 2. The van der Waals surface area contributed by atoms with Gasteiger partial charge in [-0.05, 0) is 60.4 Å². The largest absolute Gasteiger partial charge is 0.497 e. The third kappa shape index (κ3) is 8.09. The second-order valence-electron chi connectivity index (χ2n) is 9.66. The maximum Gasteiger partial charge on any atom is 0.261 e. The molecule has 4 rings (SSSR count). The first-order chi connectivity index (χ1) is 18.5. The number of benzene rings is 3. The van der Waals surface area contributed by atoms with Crippen molar-refractivity contribution in [2.24, 2.45) is 0 Å². The van der Waals surface area contributed by atoms with Crippen molar-refractivity contribution in [3.8, 4) is 11.5 Å². The maximum absolute atomic E-state index is 13.8. The van der Waals surface area contributed by atoms with Gasteiger partial charge >= 0.3 is 0 Å². The molecule has 1 atom stereocenters. The van der Waals surface area contributed by atoms with Crippen LogP contribution in [0.5, 0.6) is 11.5 Å². The molecule has 1 N–H and O–H groups in total. The van der Waals surface area contributed by atoms with E-state index in [4.69, 9.17) is 9.47 Å². The van der Waals surface area contributed by atoms with E-state index in [0.717, 1.165) is 41.3 Å². The summed E-state index contributed by atoms with van der Waals surface area (Å²) < 4.78 is 12.0. The van der Waals surface area contributed by atoms with Crippen LogP contribution in [0.3, 0.4) is 0 Å². The molecule has 1 saturated carbocycles. The van der Waals surface area contributed by atoms with Crippen LogP contribution in [0, 0.1) is 0 Å². The Morgan fingerprint density at radius 3 is 2.21 bits per heavy atom. The third-order valence-corrected chi connectivity index (χ3v) is 7.44. The van der Waals surface area contributed by atoms with E-state index in [1.54, 1.807) is 36.3 Å². The van der Waals surface area contributed by atoms with Gasteiger partial charge in [-0.15, -0.1) is 0 Å². The highest BCUT2D eigenvalue weighted by Gasteiger charge is 2.32. The number of methoxy groups -OCH3 is 1. The van der Waals surface area contributed by atoms with Crippen molar-refractivity contribution in [2.45, 2.75) is 57.2 Å². The maximum atomic E-state index is 13.8. The molecule has 0 aromatic heterocycles. The zero-order valence-electron chi connectivity index (χ0n) is 21.8. The summed E-state index contributed by atoms with van der Waals surface area (Å²) in [7, 11) is 1.60. The fourth-order valence-corrected chi connectivity index (χ4v) is 5.05. The van der Waals surface area contributed by atoms with Crippen LogP contribution in [0.25, 0.3) is 0 Å². The van der Waals surface area contributed by atoms with Crippen molar-refractivity contribution in [2.75, 3.05) is 13.7 Å². The highest BCUT2D eigenvalue weighted by molar-refractivity contribution is 9.10. The Morgan fingerprint density at radius 1 is 0.895 bits per heavy atom. The summed E-state index contributed by atoms with van der Waals surface area (Å²) in [5.41, 5.74) is 1.94. The topological polar surface area (TPSA) is 67.9 Å². The number of carbonyl (C=O) groups excluding carboxylic acids is 2. The molecule has 0 radical (unpaired) electrons. The summed E-state index contributed by atoms with van der Waals surface area (Å²) >= 11 is 3.48. The van der Waals surface area contributed by atoms with Gasteiger partial charge in [0.1, 0.15) is 17.5 Å². The minimum Gasteiger partial charge on any atom is -0.497 e. The first kappa shape index (κ1) is 27.7. The number of hydrogen-bond donors (Lipinski definition) is 1. The summed E-state index contributed by atoms with van der Waals surface area (Å²) in [5, 5.41) is 3.26. The normalized spacial score (nSPS) is 14.4. The first-order valence-corrected chi connectivity index (χ1v) is 14.0. The summed E-state index contributed by atoms with van der Waals surface area (Å²) in [4.78, 5) is 29.2. The van der Waals surface area contributed by atoms with Gasteiger partial charge < -0.3 is 19.7 Å². The van der Waals surface area contributed by atoms with Gasteiger partial charge in [0.25, 0.3) is 5.91 Å². The van der Waals surface area contributed by atoms with E-state index in [1.165, 1.54) is 6.42 Å². The van der Waals surface area contributed by atoms with Crippen LogP contribution in [0.1, 0.15) is 43.2 Å². The zero-order chi connectivity index (χ0) is 26.7. The van der Waals surface area contributed by atoms with E-state index >= 15 is 0 Å². The predicted octanol–water partition coefficient (Wildman–Crippen LogP) is 5.93. The third-order valence-electron chi connectivity index (χ3n) is 6.91. The van der Waals surface area contributed by atoms with Crippen molar-refractivity contribution >= 4 is 27.7 Å². The molecule has 3 aromatic rings. The minimum atomic E-state index is -0.671. The quantitative estimate of drug-likeness (QED) is 0.306. The summed E-state index contributed by atoms with van der Waals surface area (Å²) in [6.45, 7) is 0.124. The smallest absolute Gasteiger partial charge is 0.261 e. The van der Waals surface area contributed by atoms with Crippen LogP contribution in [0.4, 0.5) is 0 Å². The van der Waals surface area contributed by atoms with Crippen LogP contribution in [0.15, 0.2) is 83.3 Å². The Morgan fingerprint density at radius 2 is 1.55 bits per heavy atom.